The average molecular weight is 1490 g/mol. The van der Waals surface area contributed by atoms with Crippen LogP contribution in [0.2, 0.25) is 10.0 Å². The predicted molar refractivity (Wildman–Crippen MR) is 313 cm³/mol. The summed E-state index contributed by atoms with van der Waals surface area (Å²) in [6.45, 7) is 2.04. The molecule has 1 aliphatic carbocycles. The van der Waals surface area contributed by atoms with Gasteiger partial charge in [0.2, 0.25) is 5.71 Å². The molecule has 4 aliphatic rings. The van der Waals surface area contributed by atoms with Crippen LogP contribution in [0.1, 0.15) is 48.5 Å². The molecular formula is C51H38Cl3I4N5O8S. The molecule has 10 rings (SSSR count). The summed E-state index contributed by atoms with van der Waals surface area (Å²) in [7, 11) is 7.52. The lowest BCUT2D eigenvalue weighted by Gasteiger charge is -2.38. The Morgan fingerprint density at radius 2 is 1.54 bits per heavy atom. The molecule has 3 heterocycles. The van der Waals surface area contributed by atoms with E-state index in [-0.39, 0.29) is 56.9 Å². The van der Waals surface area contributed by atoms with Crippen molar-refractivity contribution in [2.24, 2.45) is 0 Å². The van der Waals surface area contributed by atoms with Crippen LogP contribution in [-0.4, -0.2) is 65.5 Å². The van der Waals surface area contributed by atoms with E-state index in [1.807, 2.05) is 65.4 Å². The number of carbonyl (C=O) groups excluding carboxylic acids is 2. The molecule has 1 spiro atoms. The Bertz CT molecular complexity index is 3410. The number of halogens is 7. The monoisotopic (exact) mass is 1490 g/mol. The summed E-state index contributed by atoms with van der Waals surface area (Å²) in [5, 5.41) is 33.5. The quantitative estimate of drug-likeness (QED) is 0.0440. The van der Waals surface area contributed by atoms with E-state index in [4.69, 9.17) is 37.5 Å². The molecule has 3 aliphatic heterocycles. The molecule has 0 aromatic heterocycles. The van der Waals surface area contributed by atoms with Crippen LogP contribution in [0.4, 0.5) is 17.1 Å². The first-order valence-electron chi connectivity index (χ1n) is 21.0. The lowest BCUT2D eigenvalue weighted by molar-refractivity contribution is -0.462. The summed E-state index contributed by atoms with van der Waals surface area (Å²) >= 11 is 20.4. The van der Waals surface area contributed by atoms with Crippen LogP contribution < -0.4 is 27.4 Å². The standard InChI is InChI=1S/C21H10I4O4.C17H20N3S.C13H8Cl2N2O4.ClH/c1-8-13(22)6-11-18(15(8)24)28-19-12(7-14(23)17(26)16(19)25)21(11)10-5-3-2-4-9(10)20(27)29-21;1-19(2)14-7-5-12-9-13-6-8-15(20(3)4)11-17(13)21(18)16(12)10-14;14-7-1-4-12(18)9(5-7)13(19)16-11-3-2-8(17(20)21)6-10(11)15;/h2-7,26H,1H3;5-11,18H,1-4H3;1-6,18H,(H,16,19);1H/q;+1;;/p-1. The van der Waals surface area contributed by atoms with Crippen LogP contribution in [0.3, 0.4) is 0 Å². The predicted octanol–water partition coefficient (Wildman–Crippen LogP) is 10.6. The van der Waals surface area contributed by atoms with E-state index < -0.39 is 27.1 Å². The highest BCUT2D eigenvalue weighted by atomic mass is 127. The van der Waals surface area contributed by atoms with Crippen molar-refractivity contribution in [3.05, 3.63) is 193 Å². The molecule has 0 radical (unpaired) electrons. The normalized spacial score (nSPS) is 16.2. The number of esters is 1. The van der Waals surface area contributed by atoms with Gasteiger partial charge in [0.1, 0.15) is 31.3 Å². The number of carbonyl (C=O) groups is 2. The van der Waals surface area contributed by atoms with Crippen molar-refractivity contribution < 1.29 is 51.2 Å². The number of nitrogens with one attached hydrogen (secondary N) is 2. The number of ether oxygens (including phenoxy) is 2. The molecule has 0 saturated carbocycles. The second-order valence-corrected chi connectivity index (χ2v) is 23.3. The molecule has 2 atom stereocenters. The van der Waals surface area contributed by atoms with Gasteiger partial charge in [0.15, 0.2) is 11.4 Å². The number of benzene rings is 6. The van der Waals surface area contributed by atoms with Crippen LogP contribution >= 0.6 is 114 Å². The second kappa shape index (κ2) is 22.3. The zero-order valence-electron chi connectivity index (χ0n) is 38.2. The molecule has 21 heteroatoms. The lowest BCUT2D eigenvalue weighted by Crippen LogP contribution is -3.00. The fraction of sp³-hybridized carbons (Fsp3) is 0.118. The van der Waals surface area contributed by atoms with Crippen molar-refractivity contribution in [1.29, 1.82) is 4.78 Å². The van der Waals surface area contributed by atoms with Gasteiger partial charge in [-0.05, 0) is 191 Å². The minimum absolute atomic E-state index is 0. The number of hydrogen-bond acceptors (Lipinski definition) is 10. The number of non-ortho nitro benzene ring substituents is 1. The van der Waals surface area contributed by atoms with E-state index in [1.165, 1.54) is 41.5 Å². The van der Waals surface area contributed by atoms with Gasteiger partial charge < -0.3 is 42.3 Å². The molecule has 0 saturated heterocycles. The summed E-state index contributed by atoms with van der Waals surface area (Å²) in [5.41, 5.74) is 7.48. The number of anilines is 2. The van der Waals surface area contributed by atoms with Gasteiger partial charge in [0.05, 0.1) is 43.0 Å². The van der Waals surface area contributed by atoms with Crippen LogP contribution in [0.15, 0.2) is 125 Å². The number of aromatic hydroxyl groups is 2. The Morgan fingerprint density at radius 1 is 0.861 bits per heavy atom. The number of rotatable bonds is 4. The third-order valence-corrected chi connectivity index (χ3v) is 18.1. The Morgan fingerprint density at radius 3 is 2.21 bits per heavy atom. The zero-order valence-corrected chi connectivity index (χ0v) is 49.9. The summed E-state index contributed by atoms with van der Waals surface area (Å²) in [6.07, 6.45) is 8.59. The van der Waals surface area contributed by atoms with Gasteiger partial charge in [-0.3, -0.25) is 19.7 Å². The molecule has 6 aromatic rings. The SMILES string of the molecule is CN(C)c1ccc2c(c1)S(=N)C1=CC(=[N+](C)C)C=CC1=C2.Cc1c(I)cc2c(c1I)Oc1c(cc(I)c(O)c1I)C21OC(=O)c2ccccc21.O=C(Nc1ccc([N+](=O)[O-])cc1Cl)c1cc(Cl)ccc1O.[Cl-]. The molecular weight excluding hydrogens is 1460 g/mol. The van der Waals surface area contributed by atoms with Gasteiger partial charge in [0.25, 0.3) is 11.6 Å². The van der Waals surface area contributed by atoms with Crippen molar-refractivity contribution in [2.75, 3.05) is 38.4 Å². The summed E-state index contributed by atoms with van der Waals surface area (Å²) in [4.78, 5) is 39.3. The number of phenolic OH excluding ortho intramolecular Hbond substituents is 2. The van der Waals surface area contributed by atoms with Gasteiger partial charge in [-0.1, -0.05) is 47.5 Å². The molecule has 0 bridgehead atoms. The van der Waals surface area contributed by atoms with E-state index in [0.717, 1.165) is 56.7 Å². The van der Waals surface area contributed by atoms with Crippen molar-refractivity contribution >= 4 is 165 Å². The fourth-order valence-corrected chi connectivity index (χ4v) is 13.4. The highest BCUT2D eigenvalue weighted by molar-refractivity contribution is 14.1. The van der Waals surface area contributed by atoms with Crippen LogP contribution in [0, 0.1) is 36.1 Å². The number of nitro benzene ring substituents is 1. The Balaban J connectivity index is 0.000000161. The highest BCUT2D eigenvalue weighted by Crippen LogP contribution is 2.60. The zero-order chi connectivity index (χ0) is 51.4. The first-order chi connectivity index (χ1) is 33.6. The summed E-state index contributed by atoms with van der Waals surface area (Å²) in [6, 6.07) is 25.4. The van der Waals surface area contributed by atoms with Crippen molar-refractivity contribution in [3.63, 3.8) is 0 Å². The van der Waals surface area contributed by atoms with Gasteiger partial charge in [-0.25, -0.2) is 9.37 Å². The Kier molecular flexibility index (Phi) is 17.1. The maximum absolute atomic E-state index is 12.9. The van der Waals surface area contributed by atoms with Gasteiger partial charge in [-0.2, -0.15) is 0 Å². The number of amides is 1. The Hall–Kier alpha value is -4.31. The van der Waals surface area contributed by atoms with E-state index in [1.54, 1.807) is 6.07 Å². The van der Waals surface area contributed by atoms with Crippen LogP contribution in [0.25, 0.3) is 6.08 Å². The van der Waals surface area contributed by atoms with Crippen molar-refractivity contribution in [1.82, 2.24) is 0 Å². The van der Waals surface area contributed by atoms with E-state index in [2.05, 4.69) is 148 Å². The maximum Gasteiger partial charge on any atom is 0.340 e. The number of phenols is 2. The molecule has 4 N–H and O–H groups in total. The number of nitro groups is 1. The molecule has 6 aromatic carbocycles. The van der Waals surface area contributed by atoms with E-state index >= 15 is 0 Å². The molecule has 0 fully saturated rings. The minimum Gasteiger partial charge on any atom is -1.00 e. The number of allylic oxidation sites excluding steroid dienone is 4. The second-order valence-electron chi connectivity index (χ2n) is 16.5. The summed E-state index contributed by atoms with van der Waals surface area (Å²) < 4.78 is 26.6. The number of hydrogen-bond donors (Lipinski definition) is 4. The summed E-state index contributed by atoms with van der Waals surface area (Å²) in [5.74, 6) is 0.125. The van der Waals surface area contributed by atoms with Gasteiger partial charge in [0, 0.05) is 73.6 Å². The molecule has 1 amide bonds. The van der Waals surface area contributed by atoms with Crippen molar-refractivity contribution in [2.45, 2.75) is 17.4 Å². The van der Waals surface area contributed by atoms with Gasteiger partial charge in [-0.15, -0.1) is 0 Å². The average Bonchev–Trinajstić information content (AvgIpc) is 3.64. The van der Waals surface area contributed by atoms with Crippen LogP contribution in [0.5, 0.6) is 23.0 Å². The topological polar surface area (TPSA) is 178 Å². The number of fused-ring (bicyclic) bond motifs is 8. The van der Waals surface area contributed by atoms with E-state index in [0.29, 0.717) is 24.2 Å². The third-order valence-electron chi connectivity index (χ3n) is 11.7. The maximum atomic E-state index is 12.9. The smallest absolute Gasteiger partial charge is 0.340 e. The minimum atomic E-state index is -1.11. The molecule has 13 nitrogen and oxygen atoms in total. The first kappa shape index (κ1) is 55.4. The first-order valence-corrected chi connectivity index (χ1v) is 27.3. The molecule has 370 valence electrons. The Labute approximate surface area is 487 Å². The number of nitrogens with zero attached hydrogens (tertiary/aromatic N) is 3. The fourth-order valence-electron chi connectivity index (χ4n) is 7.95. The lowest BCUT2D eigenvalue weighted by atomic mass is 9.77. The van der Waals surface area contributed by atoms with Crippen LogP contribution in [-0.2, 0) is 21.0 Å². The third kappa shape index (κ3) is 10.5. The molecule has 72 heavy (non-hydrogen) atoms. The largest absolute Gasteiger partial charge is 1.00 e. The van der Waals surface area contributed by atoms with Gasteiger partial charge >= 0.3 is 5.97 Å². The highest BCUT2D eigenvalue weighted by Gasteiger charge is 2.55. The van der Waals surface area contributed by atoms with Crippen molar-refractivity contribution in [3.8, 4) is 23.0 Å². The van der Waals surface area contributed by atoms with E-state index in [9.17, 15) is 29.9 Å². The molecule has 2 unspecified atom stereocenters.